The van der Waals surface area contributed by atoms with Crippen molar-refractivity contribution < 1.29 is 14.6 Å². The number of ether oxygens (including phenoxy) is 1. The number of aliphatic carboxylic acids is 1. The summed E-state index contributed by atoms with van der Waals surface area (Å²) >= 11 is 0. The number of hydrogen-bond donors (Lipinski definition) is 1. The van der Waals surface area contributed by atoms with E-state index in [0.29, 0.717) is 19.6 Å². The second-order valence-electron chi connectivity index (χ2n) is 8.48. The van der Waals surface area contributed by atoms with E-state index in [1.807, 2.05) is 36.0 Å². The molecule has 0 amide bonds. The predicted octanol–water partition coefficient (Wildman–Crippen LogP) is 5.18. The molecule has 4 aromatic rings. The van der Waals surface area contributed by atoms with Gasteiger partial charge >= 0.3 is 5.97 Å². The molecule has 0 atom stereocenters. The first-order valence-electron chi connectivity index (χ1n) is 11.7. The molecule has 4 rings (SSSR count). The van der Waals surface area contributed by atoms with Gasteiger partial charge in [0.25, 0.3) is 0 Å². The number of rotatable bonds is 11. The van der Waals surface area contributed by atoms with Gasteiger partial charge in [0.2, 0.25) is 0 Å². The Labute approximate surface area is 199 Å². The highest BCUT2D eigenvalue weighted by atomic mass is 16.5. The summed E-state index contributed by atoms with van der Waals surface area (Å²) in [5.41, 5.74) is 8.35. The van der Waals surface area contributed by atoms with Gasteiger partial charge < -0.3 is 9.84 Å². The number of carboxylic acids is 1. The Morgan fingerprint density at radius 1 is 1.09 bits per heavy atom. The van der Waals surface area contributed by atoms with Crippen molar-refractivity contribution in [3.8, 4) is 11.1 Å². The van der Waals surface area contributed by atoms with Crippen LogP contribution in [0.25, 0.3) is 16.6 Å². The highest BCUT2D eigenvalue weighted by Gasteiger charge is 2.19. The fourth-order valence-electron chi connectivity index (χ4n) is 4.25. The molecule has 7 nitrogen and oxygen atoms in total. The van der Waals surface area contributed by atoms with Gasteiger partial charge in [-0.3, -0.25) is 14.8 Å². The Kier molecular flexibility index (Phi) is 7.65. The van der Waals surface area contributed by atoms with Crippen molar-refractivity contribution in [1.29, 1.82) is 0 Å². The molecule has 0 aliphatic carbocycles. The summed E-state index contributed by atoms with van der Waals surface area (Å²) < 4.78 is 8.09. The van der Waals surface area contributed by atoms with Gasteiger partial charge in [0.05, 0.1) is 24.4 Å². The maximum Gasteiger partial charge on any atom is 0.303 e. The van der Waals surface area contributed by atoms with Crippen molar-refractivity contribution in [3.05, 3.63) is 83.2 Å². The molecule has 0 saturated heterocycles. The largest absolute Gasteiger partial charge is 0.481 e. The van der Waals surface area contributed by atoms with E-state index in [1.165, 1.54) is 0 Å². The maximum atomic E-state index is 11.0. The van der Waals surface area contributed by atoms with Crippen LogP contribution in [0, 0.1) is 6.92 Å². The molecular formula is C27H30N4O3. The smallest absolute Gasteiger partial charge is 0.303 e. The minimum Gasteiger partial charge on any atom is -0.481 e. The van der Waals surface area contributed by atoms with Crippen LogP contribution in [0.15, 0.2) is 55.1 Å². The lowest BCUT2D eigenvalue weighted by atomic mass is 9.95. The van der Waals surface area contributed by atoms with Gasteiger partial charge in [0.1, 0.15) is 0 Å². The molecule has 0 fully saturated rings. The number of fused-ring (bicyclic) bond motifs is 1. The average Bonchev–Trinajstić information content (AvgIpc) is 3.24. The number of carbonyl (C=O) groups is 1. The third-order valence-corrected chi connectivity index (χ3v) is 5.88. The molecule has 0 aliphatic heterocycles. The van der Waals surface area contributed by atoms with E-state index in [0.717, 1.165) is 64.0 Å². The number of pyridine rings is 2. The van der Waals surface area contributed by atoms with Crippen LogP contribution in [0.3, 0.4) is 0 Å². The third kappa shape index (κ3) is 5.48. The lowest BCUT2D eigenvalue weighted by Crippen LogP contribution is -2.10. The minimum atomic E-state index is -0.768. The van der Waals surface area contributed by atoms with Crippen LogP contribution in [0.5, 0.6) is 0 Å². The SMILES string of the molecule is CCc1ccc2c(-c3cncc(C)c3)c(CCCCC(=O)O)c(COCc3cccnc3)nn12. The van der Waals surface area contributed by atoms with Crippen molar-refractivity contribution >= 4 is 11.5 Å². The molecule has 0 radical (unpaired) electrons. The summed E-state index contributed by atoms with van der Waals surface area (Å²) in [6, 6.07) is 10.3. The van der Waals surface area contributed by atoms with Gasteiger partial charge in [0.15, 0.2) is 0 Å². The molecule has 0 aromatic carbocycles. The molecule has 7 heteroatoms. The van der Waals surface area contributed by atoms with Crippen LogP contribution in [0.4, 0.5) is 0 Å². The molecular weight excluding hydrogens is 428 g/mol. The Hall–Kier alpha value is -3.58. The second kappa shape index (κ2) is 11.0. The first-order chi connectivity index (χ1) is 16.6. The molecule has 4 heterocycles. The maximum absolute atomic E-state index is 11.0. The number of nitrogens with zero attached hydrogens (tertiary/aromatic N) is 4. The van der Waals surface area contributed by atoms with Gasteiger partial charge in [-0.25, -0.2) is 4.52 Å². The van der Waals surface area contributed by atoms with E-state index in [2.05, 4.69) is 35.1 Å². The van der Waals surface area contributed by atoms with Gasteiger partial charge in [-0.1, -0.05) is 13.0 Å². The zero-order valence-corrected chi connectivity index (χ0v) is 19.7. The standard InChI is InChI=1S/C27H30N4O3/c1-3-22-10-11-25-27(21-13-19(2)14-29-16-21)23(8-4-5-9-26(32)33)24(30-31(22)25)18-34-17-20-7-6-12-28-15-20/h6-7,10-16H,3-5,8-9,17-18H2,1-2H3,(H,32,33). The Morgan fingerprint density at radius 2 is 1.97 bits per heavy atom. The zero-order valence-electron chi connectivity index (χ0n) is 19.7. The van der Waals surface area contributed by atoms with E-state index in [4.69, 9.17) is 14.9 Å². The van der Waals surface area contributed by atoms with Crippen molar-refractivity contribution in [1.82, 2.24) is 19.6 Å². The van der Waals surface area contributed by atoms with Crippen LogP contribution in [0.1, 0.15) is 54.3 Å². The quantitative estimate of drug-likeness (QED) is 0.312. The molecule has 1 N–H and O–H groups in total. The van der Waals surface area contributed by atoms with E-state index >= 15 is 0 Å². The minimum absolute atomic E-state index is 0.162. The fraction of sp³-hybridized carbons (Fsp3) is 0.333. The molecule has 0 unspecified atom stereocenters. The number of aryl methyl sites for hydroxylation is 2. The van der Waals surface area contributed by atoms with Crippen LogP contribution >= 0.6 is 0 Å². The van der Waals surface area contributed by atoms with Gasteiger partial charge in [0, 0.05) is 48.0 Å². The van der Waals surface area contributed by atoms with Crippen LogP contribution in [-0.4, -0.2) is 30.7 Å². The predicted molar refractivity (Wildman–Crippen MR) is 130 cm³/mol. The van der Waals surface area contributed by atoms with Crippen molar-refractivity contribution in [2.24, 2.45) is 0 Å². The van der Waals surface area contributed by atoms with Crippen LogP contribution in [-0.2, 0) is 35.6 Å². The van der Waals surface area contributed by atoms with Crippen molar-refractivity contribution in [2.45, 2.75) is 59.2 Å². The van der Waals surface area contributed by atoms with E-state index in [9.17, 15) is 4.79 Å². The molecule has 176 valence electrons. The summed E-state index contributed by atoms with van der Waals surface area (Å²) in [6.07, 6.45) is 10.4. The number of carboxylic acid groups (broad SMARTS) is 1. The monoisotopic (exact) mass is 458 g/mol. The Bertz CT molecular complexity index is 1270. The fourth-order valence-corrected chi connectivity index (χ4v) is 4.25. The topological polar surface area (TPSA) is 89.6 Å². The normalized spacial score (nSPS) is 11.2. The Morgan fingerprint density at radius 3 is 2.71 bits per heavy atom. The first-order valence-corrected chi connectivity index (χ1v) is 11.7. The average molecular weight is 459 g/mol. The molecule has 0 bridgehead atoms. The summed E-state index contributed by atoms with van der Waals surface area (Å²) in [5, 5.41) is 14.1. The second-order valence-corrected chi connectivity index (χ2v) is 8.48. The summed E-state index contributed by atoms with van der Waals surface area (Å²) in [5.74, 6) is -0.768. The first kappa shape index (κ1) is 23.6. The van der Waals surface area contributed by atoms with E-state index in [-0.39, 0.29) is 6.42 Å². The summed E-state index contributed by atoms with van der Waals surface area (Å²) in [4.78, 5) is 19.6. The Balaban J connectivity index is 1.76. The molecule has 4 aromatic heterocycles. The molecule has 0 saturated carbocycles. The van der Waals surface area contributed by atoms with Crippen molar-refractivity contribution in [2.75, 3.05) is 0 Å². The molecule has 0 spiro atoms. The van der Waals surface area contributed by atoms with Crippen LogP contribution in [0.2, 0.25) is 0 Å². The van der Waals surface area contributed by atoms with Gasteiger partial charge in [-0.05, 0) is 73.6 Å². The van der Waals surface area contributed by atoms with Gasteiger partial charge in [-0.15, -0.1) is 0 Å². The molecule has 34 heavy (non-hydrogen) atoms. The summed E-state index contributed by atoms with van der Waals surface area (Å²) in [6.45, 7) is 4.96. The number of aromatic nitrogens is 4. The van der Waals surface area contributed by atoms with E-state index < -0.39 is 5.97 Å². The lowest BCUT2D eigenvalue weighted by Gasteiger charge is -2.18. The molecule has 0 aliphatic rings. The number of hydrogen-bond acceptors (Lipinski definition) is 5. The lowest BCUT2D eigenvalue weighted by molar-refractivity contribution is -0.137. The third-order valence-electron chi connectivity index (χ3n) is 5.88. The summed E-state index contributed by atoms with van der Waals surface area (Å²) in [7, 11) is 0. The van der Waals surface area contributed by atoms with Crippen molar-refractivity contribution in [3.63, 3.8) is 0 Å². The van der Waals surface area contributed by atoms with Crippen LogP contribution < -0.4 is 0 Å². The zero-order chi connectivity index (χ0) is 23.9. The highest BCUT2D eigenvalue weighted by molar-refractivity contribution is 5.83. The van der Waals surface area contributed by atoms with E-state index in [1.54, 1.807) is 12.4 Å². The number of unbranched alkanes of at least 4 members (excludes halogenated alkanes) is 1. The highest BCUT2D eigenvalue weighted by Crippen LogP contribution is 2.33. The van der Waals surface area contributed by atoms with Gasteiger partial charge in [-0.2, -0.15) is 5.10 Å².